The predicted molar refractivity (Wildman–Crippen MR) is 42.8 cm³/mol. The van der Waals surface area contributed by atoms with Gasteiger partial charge in [0.1, 0.15) is 0 Å². The van der Waals surface area contributed by atoms with Crippen molar-refractivity contribution >= 4 is 5.97 Å². The average Bonchev–Trinajstić information content (AvgIpc) is 2.01. The summed E-state index contributed by atoms with van der Waals surface area (Å²) in [7, 11) is 0. The van der Waals surface area contributed by atoms with Crippen molar-refractivity contribution in [2.24, 2.45) is 5.92 Å². The van der Waals surface area contributed by atoms with E-state index in [0.717, 1.165) is 0 Å². The third kappa shape index (κ3) is 4.86. The van der Waals surface area contributed by atoms with Gasteiger partial charge in [0, 0.05) is 0 Å². The van der Waals surface area contributed by atoms with Crippen LogP contribution in [0.25, 0.3) is 0 Å². The van der Waals surface area contributed by atoms with Crippen LogP contribution in [0, 0.1) is 5.92 Å². The number of ether oxygens (including phenoxy) is 1. The molecule has 0 aliphatic carbocycles. The minimum atomic E-state index is -4.76. The Kier molecular flexibility index (Phi) is 5.22. The highest BCUT2D eigenvalue weighted by Gasteiger charge is 2.45. The molecule has 0 saturated carbocycles. The summed E-state index contributed by atoms with van der Waals surface area (Å²) in [6.07, 6.45) is -1.67. The standard InChI is InChI=1S/C8H11F3O3/c1-2-3-4-14-5-6(7(12)13)8(9,10)11/h2-3,6H,4-5H2,1H3,(H,12,13)/b3-2+. The molecule has 82 valence electrons. The molecule has 14 heavy (non-hydrogen) atoms. The first-order valence-electron chi connectivity index (χ1n) is 3.88. The number of carboxylic acid groups (broad SMARTS) is 1. The van der Waals surface area contributed by atoms with Gasteiger partial charge < -0.3 is 9.84 Å². The first-order valence-corrected chi connectivity index (χ1v) is 3.88. The lowest BCUT2D eigenvalue weighted by molar-refractivity contribution is -0.202. The molecule has 0 heterocycles. The van der Waals surface area contributed by atoms with Gasteiger partial charge in [0.2, 0.25) is 0 Å². The van der Waals surface area contributed by atoms with E-state index in [1.165, 1.54) is 6.08 Å². The molecule has 0 saturated heterocycles. The molecule has 0 amide bonds. The van der Waals surface area contributed by atoms with E-state index in [0.29, 0.717) is 0 Å². The third-order valence-corrected chi connectivity index (χ3v) is 1.43. The second kappa shape index (κ2) is 5.64. The van der Waals surface area contributed by atoms with Crippen LogP contribution in [-0.4, -0.2) is 30.5 Å². The molecule has 1 atom stereocenters. The minimum Gasteiger partial charge on any atom is -0.481 e. The van der Waals surface area contributed by atoms with Gasteiger partial charge in [0.05, 0.1) is 13.2 Å². The van der Waals surface area contributed by atoms with Gasteiger partial charge in [0.25, 0.3) is 0 Å². The van der Waals surface area contributed by atoms with Gasteiger partial charge in [-0.2, -0.15) is 13.2 Å². The molecule has 0 radical (unpaired) electrons. The Labute approximate surface area is 79.2 Å². The molecule has 1 N–H and O–H groups in total. The lowest BCUT2D eigenvalue weighted by atomic mass is 10.1. The number of carbonyl (C=O) groups is 1. The summed E-state index contributed by atoms with van der Waals surface area (Å²) in [5.41, 5.74) is 0. The van der Waals surface area contributed by atoms with E-state index in [9.17, 15) is 18.0 Å². The average molecular weight is 212 g/mol. The highest BCUT2D eigenvalue weighted by atomic mass is 19.4. The van der Waals surface area contributed by atoms with Crippen LogP contribution in [0.4, 0.5) is 13.2 Å². The topological polar surface area (TPSA) is 46.5 Å². The Balaban J connectivity index is 4.06. The zero-order valence-corrected chi connectivity index (χ0v) is 7.54. The molecular formula is C8H11F3O3. The Morgan fingerprint density at radius 3 is 2.50 bits per heavy atom. The monoisotopic (exact) mass is 212 g/mol. The largest absolute Gasteiger partial charge is 0.481 e. The fourth-order valence-corrected chi connectivity index (χ4v) is 0.656. The van der Waals surface area contributed by atoms with Crippen molar-refractivity contribution in [3.63, 3.8) is 0 Å². The molecule has 0 rings (SSSR count). The van der Waals surface area contributed by atoms with Crippen LogP contribution in [0.2, 0.25) is 0 Å². The van der Waals surface area contributed by atoms with Gasteiger partial charge in [-0.25, -0.2) is 0 Å². The van der Waals surface area contributed by atoms with E-state index in [2.05, 4.69) is 4.74 Å². The Morgan fingerprint density at radius 1 is 1.57 bits per heavy atom. The number of carboxylic acids is 1. The summed E-state index contributed by atoms with van der Waals surface area (Å²) in [6.45, 7) is 0.807. The molecule has 0 bridgehead atoms. The van der Waals surface area contributed by atoms with Crippen molar-refractivity contribution in [3.05, 3.63) is 12.2 Å². The fourth-order valence-electron chi connectivity index (χ4n) is 0.656. The van der Waals surface area contributed by atoms with Gasteiger partial charge in [-0.05, 0) is 6.92 Å². The molecule has 0 spiro atoms. The molecule has 0 aliphatic rings. The third-order valence-electron chi connectivity index (χ3n) is 1.43. The van der Waals surface area contributed by atoms with E-state index in [-0.39, 0.29) is 6.61 Å². The zero-order chi connectivity index (χ0) is 11.2. The van der Waals surface area contributed by atoms with Crippen LogP contribution in [0.5, 0.6) is 0 Å². The second-order valence-corrected chi connectivity index (χ2v) is 2.54. The van der Waals surface area contributed by atoms with Gasteiger partial charge in [-0.1, -0.05) is 12.2 Å². The molecule has 0 fully saturated rings. The highest BCUT2D eigenvalue weighted by molar-refractivity contribution is 5.71. The molecule has 0 aromatic heterocycles. The van der Waals surface area contributed by atoms with E-state index in [1.807, 2.05) is 0 Å². The zero-order valence-electron chi connectivity index (χ0n) is 7.54. The summed E-state index contributed by atoms with van der Waals surface area (Å²) < 4.78 is 40.5. The van der Waals surface area contributed by atoms with Gasteiger partial charge in [0.15, 0.2) is 5.92 Å². The first kappa shape index (κ1) is 13.0. The molecule has 1 unspecified atom stereocenters. The van der Waals surface area contributed by atoms with E-state index in [1.54, 1.807) is 13.0 Å². The van der Waals surface area contributed by atoms with Crippen LogP contribution in [0.3, 0.4) is 0 Å². The Hall–Kier alpha value is -1.04. The number of alkyl halides is 3. The van der Waals surface area contributed by atoms with Gasteiger partial charge >= 0.3 is 12.1 Å². The maximum absolute atomic E-state index is 12.0. The number of rotatable bonds is 5. The van der Waals surface area contributed by atoms with Crippen molar-refractivity contribution in [3.8, 4) is 0 Å². The Morgan fingerprint density at radius 2 is 2.14 bits per heavy atom. The van der Waals surface area contributed by atoms with Crippen molar-refractivity contribution in [1.29, 1.82) is 0 Å². The summed E-state index contributed by atoms with van der Waals surface area (Å²) in [6, 6.07) is 0. The maximum atomic E-state index is 12.0. The Bertz CT molecular complexity index is 210. The molecule has 6 heteroatoms. The van der Waals surface area contributed by atoms with Crippen LogP contribution in [-0.2, 0) is 9.53 Å². The summed E-state index contributed by atoms with van der Waals surface area (Å²) in [5, 5.41) is 8.25. The highest BCUT2D eigenvalue weighted by Crippen LogP contribution is 2.26. The number of hydrogen-bond acceptors (Lipinski definition) is 2. The van der Waals surface area contributed by atoms with E-state index >= 15 is 0 Å². The summed E-state index contributed by atoms with van der Waals surface area (Å²) in [4.78, 5) is 10.2. The normalized spacial score (nSPS) is 14.6. The lowest BCUT2D eigenvalue weighted by Crippen LogP contribution is -2.34. The van der Waals surface area contributed by atoms with Crippen molar-refractivity contribution in [2.45, 2.75) is 13.1 Å². The number of halogens is 3. The summed E-state index contributed by atoms with van der Waals surface area (Å²) >= 11 is 0. The van der Waals surface area contributed by atoms with Crippen molar-refractivity contribution in [2.75, 3.05) is 13.2 Å². The van der Waals surface area contributed by atoms with Crippen LogP contribution in [0.15, 0.2) is 12.2 Å². The minimum absolute atomic E-state index is 0.0175. The molecule has 0 aliphatic heterocycles. The van der Waals surface area contributed by atoms with Crippen LogP contribution >= 0.6 is 0 Å². The predicted octanol–water partition coefficient (Wildman–Crippen LogP) is 1.84. The first-order chi connectivity index (χ1) is 6.39. The number of aliphatic carboxylic acids is 1. The van der Waals surface area contributed by atoms with E-state index in [4.69, 9.17) is 5.11 Å². The van der Waals surface area contributed by atoms with Gasteiger partial charge in [-0.15, -0.1) is 0 Å². The quantitative estimate of drug-likeness (QED) is 0.558. The molecule has 3 nitrogen and oxygen atoms in total. The smallest absolute Gasteiger partial charge is 0.404 e. The fraction of sp³-hybridized carbons (Fsp3) is 0.625. The van der Waals surface area contributed by atoms with Crippen LogP contribution in [0.1, 0.15) is 6.92 Å². The molecular weight excluding hydrogens is 201 g/mol. The van der Waals surface area contributed by atoms with Gasteiger partial charge in [-0.3, -0.25) is 4.79 Å². The maximum Gasteiger partial charge on any atom is 0.404 e. The number of allylic oxidation sites excluding steroid dienone is 1. The van der Waals surface area contributed by atoms with Crippen molar-refractivity contribution < 1.29 is 27.8 Å². The molecule has 0 aromatic rings. The number of hydrogen-bond donors (Lipinski definition) is 1. The summed E-state index contributed by atoms with van der Waals surface area (Å²) in [5.74, 6) is -4.37. The van der Waals surface area contributed by atoms with Crippen molar-refractivity contribution in [1.82, 2.24) is 0 Å². The second-order valence-electron chi connectivity index (χ2n) is 2.54. The van der Waals surface area contributed by atoms with Crippen LogP contribution < -0.4 is 0 Å². The van der Waals surface area contributed by atoms with E-state index < -0.39 is 24.7 Å². The SMILES string of the molecule is C/C=C/COCC(C(=O)O)C(F)(F)F. The molecule has 0 aromatic carbocycles. The lowest BCUT2D eigenvalue weighted by Gasteiger charge is -2.15.